The van der Waals surface area contributed by atoms with Crippen molar-refractivity contribution in [3.63, 3.8) is 0 Å². The van der Waals surface area contributed by atoms with Crippen molar-refractivity contribution in [3.05, 3.63) is 76.5 Å². The van der Waals surface area contributed by atoms with Gasteiger partial charge >= 0.3 is 6.03 Å². The quantitative estimate of drug-likeness (QED) is 0.802. The zero-order valence-electron chi connectivity index (χ0n) is 14.5. The van der Waals surface area contributed by atoms with Gasteiger partial charge in [0, 0.05) is 11.4 Å². The van der Waals surface area contributed by atoms with Gasteiger partial charge in [0.15, 0.2) is 0 Å². The van der Waals surface area contributed by atoms with Gasteiger partial charge in [-0.1, -0.05) is 42.0 Å². The third-order valence-electron chi connectivity index (χ3n) is 4.29. The van der Waals surface area contributed by atoms with Crippen LogP contribution in [0.5, 0.6) is 0 Å². The van der Waals surface area contributed by atoms with Crippen LogP contribution in [0.1, 0.15) is 29.7 Å². The first-order chi connectivity index (χ1) is 12.0. The Kier molecular flexibility index (Phi) is 4.57. The largest absolute Gasteiger partial charge is 0.327 e. The molecule has 3 rings (SSSR count). The van der Waals surface area contributed by atoms with Crippen molar-refractivity contribution in [1.82, 2.24) is 10.6 Å². The van der Waals surface area contributed by atoms with Crippen molar-refractivity contribution in [1.29, 1.82) is 0 Å². The van der Waals surface area contributed by atoms with Crippen LogP contribution in [0.25, 0.3) is 0 Å². The SMILES string of the molecule is CC1=C(C(=O)Nc2ccccc2)[C@@H](c2cc(C)ccc2C)NC(=O)N1. The van der Waals surface area contributed by atoms with Crippen LogP contribution in [-0.4, -0.2) is 11.9 Å². The monoisotopic (exact) mass is 335 g/mol. The maximum Gasteiger partial charge on any atom is 0.319 e. The van der Waals surface area contributed by atoms with Crippen molar-refractivity contribution in [2.75, 3.05) is 5.32 Å². The van der Waals surface area contributed by atoms with Crippen molar-refractivity contribution >= 4 is 17.6 Å². The Balaban J connectivity index is 2.00. The molecule has 1 atom stereocenters. The van der Waals surface area contributed by atoms with Crippen LogP contribution in [0.2, 0.25) is 0 Å². The molecular formula is C20H21N3O2. The molecule has 0 spiro atoms. The Labute approximate surface area is 147 Å². The number of hydrogen-bond acceptors (Lipinski definition) is 2. The Morgan fingerprint density at radius 1 is 1.04 bits per heavy atom. The molecule has 0 bridgehead atoms. The molecule has 2 aromatic rings. The predicted octanol–water partition coefficient (Wildman–Crippen LogP) is 3.57. The molecule has 5 heteroatoms. The summed E-state index contributed by atoms with van der Waals surface area (Å²) in [5.41, 5.74) is 4.81. The predicted molar refractivity (Wildman–Crippen MR) is 98.1 cm³/mol. The number of nitrogens with one attached hydrogen (secondary N) is 3. The van der Waals surface area contributed by atoms with Gasteiger partial charge in [0.05, 0.1) is 11.6 Å². The molecule has 3 amide bonds. The van der Waals surface area contributed by atoms with Gasteiger partial charge in [-0.05, 0) is 44.0 Å². The van der Waals surface area contributed by atoms with E-state index in [0.717, 1.165) is 16.7 Å². The molecule has 0 radical (unpaired) electrons. The summed E-state index contributed by atoms with van der Waals surface area (Å²) in [6, 6.07) is 14.5. The van der Waals surface area contributed by atoms with Gasteiger partial charge in [0.2, 0.25) is 0 Å². The number of carbonyl (C=O) groups is 2. The molecule has 0 saturated carbocycles. The van der Waals surface area contributed by atoms with E-state index in [-0.39, 0.29) is 11.9 Å². The number of benzene rings is 2. The molecule has 128 valence electrons. The van der Waals surface area contributed by atoms with Gasteiger partial charge in [-0.2, -0.15) is 0 Å². The minimum Gasteiger partial charge on any atom is -0.327 e. The van der Waals surface area contributed by atoms with E-state index in [1.54, 1.807) is 6.92 Å². The van der Waals surface area contributed by atoms with Crippen LogP contribution in [0.4, 0.5) is 10.5 Å². The first-order valence-corrected chi connectivity index (χ1v) is 8.17. The molecule has 0 unspecified atom stereocenters. The maximum atomic E-state index is 12.9. The second-order valence-corrected chi connectivity index (χ2v) is 6.25. The second kappa shape index (κ2) is 6.81. The zero-order valence-corrected chi connectivity index (χ0v) is 14.5. The van der Waals surface area contributed by atoms with Gasteiger partial charge in [0.1, 0.15) is 0 Å². The van der Waals surface area contributed by atoms with Gasteiger partial charge < -0.3 is 16.0 Å². The molecule has 3 N–H and O–H groups in total. The van der Waals surface area contributed by atoms with E-state index in [2.05, 4.69) is 16.0 Å². The van der Waals surface area contributed by atoms with Crippen LogP contribution in [0.3, 0.4) is 0 Å². The van der Waals surface area contributed by atoms with E-state index in [4.69, 9.17) is 0 Å². The number of carbonyl (C=O) groups excluding carboxylic acids is 2. The third-order valence-corrected chi connectivity index (χ3v) is 4.29. The fourth-order valence-corrected chi connectivity index (χ4v) is 3.02. The lowest BCUT2D eigenvalue weighted by molar-refractivity contribution is -0.113. The Bertz CT molecular complexity index is 856. The standard InChI is InChI=1S/C20H21N3O2/c1-12-9-10-13(2)16(11-12)18-17(14(3)21-20(25)23-18)19(24)22-15-7-5-4-6-8-15/h4-11,18H,1-3H3,(H,22,24)(H2,21,23,25)/t18-/m1/s1. The number of aryl methyl sites for hydroxylation is 2. The van der Waals surface area contributed by atoms with Crippen molar-refractivity contribution in [2.45, 2.75) is 26.8 Å². The van der Waals surface area contributed by atoms with Gasteiger partial charge in [-0.15, -0.1) is 0 Å². The number of anilines is 1. The van der Waals surface area contributed by atoms with Gasteiger partial charge in [-0.3, -0.25) is 4.79 Å². The minimum absolute atomic E-state index is 0.234. The number of hydrogen-bond donors (Lipinski definition) is 3. The molecular weight excluding hydrogens is 314 g/mol. The van der Waals surface area contributed by atoms with Crippen LogP contribution < -0.4 is 16.0 Å². The number of urea groups is 1. The highest BCUT2D eigenvalue weighted by molar-refractivity contribution is 6.06. The van der Waals surface area contributed by atoms with Crippen LogP contribution >= 0.6 is 0 Å². The average Bonchev–Trinajstić information content (AvgIpc) is 2.57. The van der Waals surface area contributed by atoms with Gasteiger partial charge in [-0.25, -0.2) is 4.79 Å². The van der Waals surface area contributed by atoms with Crippen LogP contribution in [0.15, 0.2) is 59.8 Å². The molecule has 2 aromatic carbocycles. The normalized spacial score (nSPS) is 16.9. The number of rotatable bonds is 3. The lowest BCUT2D eigenvalue weighted by Crippen LogP contribution is -2.46. The lowest BCUT2D eigenvalue weighted by Gasteiger charge is -2.29. The topological polar surface area (TPSA) is 70.2 Å². The second-order valence-electron chi connectivity index (χ2n) is 6.25. The van der Waals surface area contributed by atoms with E-state index >= 15 is 0 Å². The first kappa shape index (κ1) is 16.8. The number of para-hydroxylation sites is 1. The Morgan fingerprint density at radius 2 is 1.76 bits per heavy atom. The van der Waals surface area contributed by atoms with E-state index < -0.39 is 6.04 Å². The van der Waals surface area contributed by atoms with Crippen molar-refractivity contribution in [3.8, 4) is 0 Å². The third kappa shape index (κ3) is 3.55. The summed E-state index contributed by atoms with van der Waals surface area (Å²) in [5, 5.41) is 8.48. The first-order valence-electron chi connectivity index (χ1n) is 8.17. The lowest BCUT2D eigenvalue weighted by atomic mass is 9.90. The number of amides is 3. The zero-order chi connectivity index (χ0) is 18.0. The molecule has 0 aliphatic carbocycles. The van der Waals surface area contributed by atoms with Crippen LogP contribution in [0, 0.1) is 13.8 Å². The molecule has 0 saturated heterocycles. The maximum absolute atomic E-state index is 12.9. The Morgan fingerprint density at radius 3 is 2.48 bits per heavy atom. The average molecular weight is 335 g/mol. The molecule has 0 fully saturated rings. The molecule has 1 heterocycles. The van der Waals surface area contributed by atoms with Crippen molar-refractivity contribution in [2.24, 2.45) is 0 Å². The summed E-state index contributed by atoms with van der Waals surface area (Å²) in [5.74, 6) is -0.234. The summed E-state index contributed by atoms with van der Waals surface area (Å²) < 4.78 is 0. The highest BCUT2D eigenvalue weighted by Gasteiger charge is 2.32. The molecule has 1 aliphatic rings. The summed E-state index contributed by atoms with van der Waals surface area (Å²) in [6.45, 7) is 5.72. The van der Waals surface area contributed by atoms with Crippen LogP contribution in [-0.2, 0) is 4.79 Å². The van der Waals surface area contributed by atoms with Gasteiger partial charge in [0.25, 0.3) is 5.91 Å². The summed E-state index contributed by atoms with van der Waals surface area (Å²) in [7, 11) is 0. The highest BCUT2D eigenvalue weighted by atomic mass is 16.2. The minimum atomic E-state index is -0.489. The summed E-state index contributed by atoms with van der Waals surface area (Å²) >= 11 is 0. The fourth-order valence-electron chi connectivity index (χ4n) is 3.02. The van der Waals surface area contributed by atoms with E-state index in [0.29, 0.717) is 17.0 Å². The summed E-state index contributed by atoms with van der Waals surface area (Å²) in [4.78, 5) is 24.9. The van der Waals surface area contributed by atoms with E-state index in [9.17, 15) is 9.59 Å². The van der Waals surface area contributed by atoms with E-state index in [1.165, 1.54) is 0 Å². The molecule has 0 aromatic heterocycles. The fraction of sp³-hybridized carbons (Fsp3) is 0.200. The van der Waals surface area contributed by atoms with E-state index in [1.807, 2.05) is 62.4 Å². The number of allylic oxidation sites excluding steroid dienone is 1. The summed E-state index contributed by atoms with van der Waals surface area (Å²) in [6.07, 6.45) is 0. The smallest absolute Gasteiger partial charge is 0.319 e. The molecule has 5 nitrogen and oxygen atoms in total. The molecule has 1 aliphatic heterocycles. The highest BCUT2D eigenvalue weighted by Crippen LogP contribution is 2.30. The Hall–Kier alpha value is -3.08. The van der Waals surface area contributed by atoms with Crippen molar-refractivity contribution < 1.29 is 9.59 Å². The molecule has 25 heavy (non-hydrogen) atoms.